The Hall–Kier alpha value is -3.35. The van der Waals surface area contributed by atoms with Crippen LogP contribution >= 0.6 is 0 Å². The standard InChI is InChI=1S/C20H16F3N3O/c1-12-10-17(24)16-11-15(7-8-18(16)25-12)26-19(27)9-4-13-2-5-14(6-3-13)20(21,22)23/h2-11H,1H3,(H2,24,25)(H,26,27)/b9-4+. The highest BCUT2D eigenvalue weighted by atomic mass is 19.4. The van der Waals surface area contributed by atoms with E-state index in [0.29, 0.717) is 16.9 Å². The quantitative estimate of drug-likeness (QED) is 0.650. The summed E-state index contributed by atoms with van der Waals surface area (Å²) in [7, 11) is 0. The Morgan fingerprint density at radius 3 is 2.48 bits per heavy atom. The van der Waals surface area contributed by atoms with E-state index in [-0.39, 0.29) is 0 Å². The number of nitrogens with two attached hydrogens (primary N) is 1. The maximum Gasteiger partial charge on any atom is 0.416 e. The molecule has 0 unspecified atom stereocenters. The van der Waals surface area contributed by atoms with Crippen molar-refractivity contribution < 1.29 is 18.0 Å². The number of fused-ring (bicyclic) bond motifs is 1. The van der Waals surface area contributed by atoms with Crippen LogP contribution in [0.4, 0.5) is 24.5 Å². The Bertz CT molecular complexity index is 1030. The topological polar surface area (TPSA) is 68.0 Å². The number of nitrogens with one attached hydrogen (secondary N) is 1. The maximum atomic E-state index is 12.5. The Morgan fingerprint density at radius 1 is 1.11 bits per heavy atom. The Morgan fingerprint density at radius 2 is 1.81 bits per heavy atom. The summed E-state index contributed by atoms with van der Waals surface area (Å²) < 4.78 is 37.6. The average molecular weight is 371 g/mol. The number of alkyl halides is 3. The van der Waals surface area contributed by atoms with Crippen LogP contribution in [0.5, 0.6) is 0 Å². The van der Waals surface area contributed by atoms with Gasteiger partial charge in [-0.2, -0.15) is 13.2 Å². The van der Waals surface area contributed by atoms with E-state index < -0.39 is 17.6 Å². The summed E-state index contributed by atoms with van der Waals surface area (Å²) in [6, 6.07) is 11.5. The van der Waals surface area contributed by atoms with Gasteiger partial charge in [-0.3, -0.25) is 9.78 Å². The minimum Gasteiger partial charge on any atom is -0.398 e. The number of halogens is 3. The van der Waals surface area contributed by atoms with Gasteiger partial charge in [0.1, 0.15) is 0 Å². The fraction of sp³-hybridized carbons (Fsp3) is 0.100. The molecule has 1 aromatic heterocycles. The number of pyridine rings is 1. The summed E-state index contributed by atoms with van der Waals surface area (Å²) in [6.07, 6.45) is -1.69. The van der Waals surface area contributed by atoms with Crippen LogP contribution in [0.3, 0.4) is 0 Å². The minimum absolute atomic E-state index is 0.409. The molecule has 138 valence electrons. The van der Waals surface area contributed by atoms with Gasteiger partial charge in [-0.05, 0) is 55.0 Å². The summed E-state index contributed by atoms with van der Waals surface area (Å²) in [5.74, 6) is -0.409. The molecule has 0 saturated heterocycles. The lowest BCUT2D eigenvalue weighted by Crippen LogP contribution is -2.08. The van der Waals surface area contributed by atoms with E-state index in [0.717, 1.165) is 28.7 Å². The van der Waals surface area contributed by atoms with Crippen LogP contribution in [0.1, 0.15) is 16.8 Å². The Balaban J connectivity index is 1.72. The summed E-state index contributed by atoms with van der Waals surface area (Å²) in [5.41, 5.74) is 8.38. The van der Waals surface area contributed by atoms with Crippen molar-refractivity contribution in [3.8, 4) is 0 Å². The number of hydrogen-bond donors (Lipinski definition) is 2. The molecule has 0 spiro atoms. The number of amides is 1. The van der Waals surface area contributed by atoms with Gasteiger partial charge in [-0.25, -0.2) is 0 Å². The first-order valence-corrected chi connectivity index (χ1v) is 8.05. The van der Waals surface area contributed by atoms with Gasteiger partial charge in [0.25, 0.3) is 0 Å². The highest BCUT2D eigenvalue weighted by molar-refractivity contribution is 6.03. The molecule has 0 aliphatic heterocycles. The summed E-state index contributed by atoms with van der Waals surface area (Å²) in [6.45, 7) is 1.84. The number of rotatable bonds is 3. The molecule has 2 aromatic carbocycles. The van der Waals surface area contributed by atoms with Crippen molar-refractivity contribution in [3.63, 3.8) is 0 Å². The average Bonchev–Trinajstić information content (AvgIpc) is 2.60. The van der Waals surface area contributed by atoms with Crippen molar-refractivity contribution in [3.05, 3.63) is 71.4 Å². The van der Waals surface area contributed by atoms with Crippen LogP contribution in [0, 0.1) is 6.92 Å². The summed E-state index contributed by atoms with van der Waals surface area (Å²) >= 11 is 0. The van der Waals surface area contributed by atoms with E-state index in [9.17, 15) is 18.0 Å². The lowest BCUT2D eigenvalue weighted by atomic mass is 10.1. The SMILES string of the molecule is Cc1cc(N)c2cc(NC(=O)/C=C/c3ccc(C(F)(F)F)cc3)ccc2n1. The number of nitrogens with zero attached hydrogens (tertiary/aromatic N) is 1. The minimum atomic E-state index is -4.38. The fourth-order valence-electron chi connectivity index (χ4n) is 2.61. The van der Waals surface area contributed by atoms with Crippen molar-refractivity contribution in [2.24, 2.45) is 0 Å². The first-order chi connectivity index (χ1) is 12.7. The lowest BCUT2D eigenvalue weighted by Gasteiger charge is -2.07. The molecule has 4 nitrogen and oxygen atoms in total. The molecule has 1 heterocycles. The van der Waals surface area contributed by atoms with Gasteiger partial charge in [-0.15, -0.1) is 0 Å². The van der Waals surface area contributed by atoms with Crippen LogP contribution < -0.4 is 11.1 Å². The Kier molecular flexibility index (Phi) is 4.85. The number of benzene rings is 2. The predicted molar refractivity (Wildman–Crippen MR) is 100 cm³/mol. The van der Waals surface area contributed by atoms with Crippen LogP contribution in [0.25, 0.3) is 17.0 Å². The third-order valence-corrected chi connectivity index (χ3v) is 3.90. The smallest absolute Gasteiger partial charge is 0.398 e. The normalized spacial score (nSPS) is 11.9. The first kappa shape index (κ1) is 18.4. The molecule has 3 N–H and O–H groups in total. The molecule has 0 atom stereocenters. The summed E-state index contributed by atoms with van der Waals surface area (Å²) in [4.78, 5) is 16.4. The number of aryl methyl sites for hydroxylation is 1. The molecule has 1 amide bonds. The van der Waals surface area contributed by atoms with Crippen LogP contribution in [0.15, 0.2) is 54.6 Å². The number of hydrogen-bond acceptors (Lipinski definition) is 3. The third-order valence-electron chi connectivity index (χ3n) is 3.90. The van der Waals surface area contributed by atoms with Gasteiger partial charge in [0.2, 0.25) is 5.91 Å². The van der Waals surface area contributed by atoms with Gasteiger partial charge in [-0.1, -0.05) is 12.1 Å². The highest BCUT2D eigenvalue weighted by Crippen LogP contribution is 2.29. The zero-order valence-corrected chi connectivity index (χ0v) is 14.3. The third kappa shape index (κ3) is 4.44. The monoisotopic (exact) mass is 371 g/mol. The van der Waals surface area contributed by atoms with Crippen molar-refractivity contribution in [2.45, 2.75) is 13.1 Å². The zero-order valence-electron chi connectivity index (χ0n) is 14.3. The van der Waals surface area contributed by atoms with Crippen molar-refractivity contribution in [1.29, 1.82) is 0 Å². The molecule has 0 saturated carbocycles. The first-order valence-electron chi connectivity index (χ1n) is 8.05. The largest absolute Gasteiger partial charge is 0.416 e. The van der Waals surface area contributed by atoms with Gasteiger partial charge >= 0.3 is 6.18 Å². The zero-order chi connectivity index (χ0) is 19.6. The molecular weight excluding hydrogens is 355 g/mol. The van der Waals surface area contributed by atoms with E-state index in [4.69, 9.17) is 5.73 Å². The molecular formula is C20H16F3N3O. The molecule has 0 aliphatic carbocycles. The van der Waals surface area contributed by atoms with Gasteiger partial charge in [0, 0.05) is 28.5 Å². The highest BCUT2D eigenvalue weighted by Gasteiger charge is 2.29. The lowest BCUT2D eigenvalue weighted by molar-refractivity contribution is -0.137. The van der Waals surface area contributed by atoms with Crippen LogP contribution in [-0.2, 0) is 11.0 Å². The molecule has 0 bridgehead atoms. The van der Waals surface area contributed by atoms with Crippen molar-refractivity contribution in [2.75, 3.05) is 11.1 Å². The number of aromatic nitrogens is 1. The van der Waals surface area contributed by atoms with E-state index in [1.165, 1.54) is 24.3 Å². The molecule has 7 heteroatoms. The number of carbonyl (C=O) groups excluding carboxylic acids is 1. The predicted octanol–water partition coefficient (Wildman–Crippen LogP) is 4.80. The molecule has 27 heavy (non-hydrogen) atoms. The van der Waals surface area contributed by atoms with Crippen LogP contribution in [0.2, 0.25) is 0 Å². The fourth-order valence-corrected chi connectivity index (χ4v) is 2.61. The number of anilines is 2. The maximum absolute atomic E-state index is 12.5. The van der Waals surface area contributed by atoms with E-state index in [1.807, 2.05) is 6.92 Å². The van der Waals surface area contributed by atoms with Crippen LogP contribution in [-0.4, -0.2) is 10.9 Å². The second kappa shape index (κ2) is 7.11. The molecule has 3 aromatic rings. The Labute approximate surface area is 153 Å². The van der Waals surface area contributed by atoms with Gasteiger partial charge in [0.15, 0.2) is 0 Å². The van der Waals surface area contributed by atoms with Gasteiger partial charge in [0.05, 0.1) is 11.1 Å². The van der Waals surface area contributed by atoms with Crippen molar-refractivity contribution >= 4 is 34.3 Å². The molecule has 3 rings (SSSR count). The molecule has 0 fully saturated rings. The number of nitrogen functional groups attached to an aromatic ring is 1. The van der Waals surface area contributed by atoms with Gasteiger partial charge < -0.3 is 11.1 Å². The van der Waals surface area contributed by atoms with E-state index >= 15 is 0 Å². The number of carbonyl (C=O) groups is 1. The van der Waals surface area contributed by atoms with E-state index in [1.54, 1.807) is 24.3 Å². The summed E-state index contributed by atoms with van der Waals surface area (Å²) in [5, 5.41) is 3.42. The molecule has 0 radical (unpaired) electrons. The van der Waals surface area contributed by atoms with E-state index in [2.05, 4.69) is 10.3 Å². The molecule has 0 aliphatic rings. The van der Waals surface area contributed by atoms with Crippen molar-refractivity contribution in [1.82, 2.24) is 4.98 Å². The second-order valence-electron chi connectivity index (χ2n) is 6.03. The second-order valence-corrected chi connectivity index (χ2v) is 6.03.